The molecule has 1 unspecified atom stereocenters. The minimum atomic E-state index is -1.04. The molecule has 0 aliphatic carbocycles. The first-order valence-electron chi connectivity index (χ1n) is 5.86. The lowest BCUT2D eigenvalue weighted by molar-refractivity contribution is -0.142. The van der Waals surface area contributed by atoms with Gasteiger partial charge in [-0.05, 0) is 12.3 Å². The Bertz CT molecular complexity index is 299. The van der Waals surface area contributed by atoms with Crippen LogP contribution in [0.2, 0.25) is 0 Å². The van der Waals surface area contributed by atoms with E-state index < -0.39 is 23.5 Å². The minimum absolute atomic E-state index is 0.121. The van der Waals surface area contributed by atoms with Gasteiger partial charge in [-0.3, -0.25) is 0 Å². The average Bonchev–Trinajstić information content (AvgIpc) is 2.22. The number of likely N-dealkylation sites (N-methyl/N-ethyl adjacent to an activating group) is 1. The predicted octanol–water partition coefficient (Wildman–Crippen LogP) is 1.16. The number of carbonyl (C=O) groups excluding carboxylic acids is 1. The van der Waals surface area contributed by atoms with Gasteiger partial charge in [0.1, 0.15) is 6.04 Å². The maximum absolute atomic E-state index is 11.9. The quantitative estimate of drug-likeness (QED) is 0.777. The van der Waals surface area contributed by atoms with E-state index in [1.165, 1.54) is 4.90 Å². The van der Waals surface area contributed by atoms with Gasteiger partial charge in [-0.1, -0.05) is 20.8 Å². The lowest BCUT2D eigenvalue weighted by Gasteiger charge is -2.31. The first-order valence-corrected chi connectivity index (χ1v) is 5.86. The summed E-state index contributed by atoms with van der Waals surface area (Å²) in [5, 5.41) is 11.7. The van der Waals surface area contributed by atoms with Crippen LogP contribution in [0.3, 0.4) is 0 Å². The van der Waals surface area contributed by atoms with Crippen molar-refractivity contribution < 1.29 is 19.4 Å². The fraction of sp³-hybridized carbons (Fsp3) is 0.833. The number of methoxy groups -OCH3 is 1. The van der Waals surface area contributed by atoms with Crippen molar-refractivity contribution in [2.75, 3.05) is 20.8 Å². The SMILES string of the molecule is COCC(C)N(C)C(=O)N[C@@H](C(=O)O)C(C)(C)C. The summed E-state index contributed by atoms with van der Waals surface area (Å²) < 4.78 is 4.96. The highest BCUT2D eigenvalue weighted by molar-refractivity contribution is 5.83. The highest BCUT2D eigenvalue weighted by Gasteiger charge is 2.33. The number of hydrogen-bond donors (Lipinski definition) is 2. The molecule has 6 nitrogen and oxygen atoms in total. The number of nitrogens with zero attached hydrogens (tertiary/aromatic N) is 1. The molecule has 0 aromatic carbocycles. The van der Waals surface area contributed by atoms with Crippen LogP contribution in [0, 0.1) is 5.41 Å². The predicted molar refractivity (Wildman–Crippen MR) is 68.5 cm³/mol. The molecule has 0 saturated heterocycles. The first kappa shape index (κ1) is 16.7. The molecule has 2 amide bonds. The van der Waals surface area contributed by atoms with Crippen LogP contribution in [-0.2, 0) is 9.53 Å². The number of rotatable bonds is 5. The topological polar surface area (TPSA) is 78.9 Å². The number of urea groups is 1. The zero-order chi connectivity index (χ0) is 14.5. The van der Waals surface area contributed by atoms with Crippen LogP contribution in [-0.4, -0.2) is 54.9 Å². The van der Waals surface area contributed by atoms with E-state index in [4.69, 9.17) is 9.84 Å². The standard InChI is InChI=1S/C12H24N2O4/c1-8(7-18-6)14(5)11(17)13-9(10(15)16)12(2,3)4/h8-9H,7H2,1-6H3,(H,13,17)(H,15,16)/t8?,9-/m0/s1. The van der Waals surface area contributed by atoms with Gasteiger partial charge in [-0.25, -0.2) is 9.59 Å². The number of hydrogen-bond acceptors (Lipinski definition) is 3. The van der Waals surface area contributed by atoms with E-state index in [9.17, 15) is 9.59 Å². The van der Waals surface area contributed by atoms with Crippen LogP contribution in [0.5, 0.6) is 0 Å². The van der Waals surface area contributed by atoms with E-state index in [1.54, 1.807) is 34.9 Å². The van der Waals surface area contributed by atoms with Crippen molar-refractivity contribution in [1.82, 2.24) is 10.2 Å². The second kappa shape index (κ2) is 6.58. The van der Waals surface area contributed by atoms with Crippen molar-refractivity contribution >= 4 is 12.0 Å². The number of carbonyl (C=O) groups is 2. The van der Waals surface area contributed by atoms with Crippen molar-refractivity contribution in [2.24, 2.45) is 5.41 Å². The van der Waals surface area contributed by atoms with E-state index in [0.29, 0.717) is 6.61 Å². The largest absolute Gasteiger partial charge is 0.480 e. The molecular weight excluding hydrogens is 236 g/mol. The summed E-state index contributed by atoms with van der Waals surface area (Å²) in [4.78, 5) is 24.5. The molecule has 106 valence electrons. The zero-order valence-corrected chi connectivity index (χ0v) is 12.0. The van der Waals surface area contributed by atoms with Crippen molar-refractivity contribution in [3.8, 4) is 0 Å². The minimum Gasteiger partial charge on any atom is -0.480 e. The summed E-state index contributed by atoms with van der Waals surface area (Å²) in [6.07, 6.45) is 0. The fourth-order valence-electron chi connectivity index (χ4n) is 1.43. The number of amides is 2. The normalized spacial score (nSPS) is 14.8. The molecule has 0 aromatic rings. The lowest BCUT2D eigenvalue weighted by Crippen LogP contribution is -2.54. The molecule has 0 aromatic heterocycles. The number of carboxylic acid groups (broad SMARTS) is 1. The van der Waals surface area contributed by atoms with Crippen molar-refractivity contribution in [3.63, 3.8) is 0 Å². The summed E-state index contributed by atoms with van der Waals surface area (Å²) >= 11 is 0. The Balaban J connectivity index is 4.66. The molecule has 0 spiro atoms. The maximum atomic E-state index is 11.9. The Hall–Kier alpha value is -1.30. The van der Waals surface area contributed by atoms with Crippen molar-refractivity contribution in [1.29, 1.82) is 0 Å². The Kier molecular flexibility index (Phi) is 6.11. The Morgan fingerprint density at radius 2 is 1.89 bits per heavy atom. The fourth-order valence-corrected chi connectivity index (χ4v) is 1.43. The first-order chi connectivity index (χ1) is 8.11. The van der Waals surface area contributed by atoms with Gasteiger partial charge < -0.3 is 20.1 Å². The Labute approximate surface area is 108 Å². The van der Waals surface area contributed by atoms with Crippen molar-refractivity contribution in [2.45, 2.75) is 39.8 Å². The van der Waals surface area contributed by atoms with Gasteiger partial charge in [0.2, 0.25) is 0 Å². The Morgan fingerprint density at radius 1 is 1.39 bits per heavy atom. The van der Waals surface area contributed by atoms with E-state index in [2.05, 4.69) is 5.32 Å². The highest BCUT2D eigenvalue weighted by Crippen LogP contribution is 2.19. The third-order valence-corrected chi connectivity index (χ3v) is 2.77. The summed E-state index contributed by atoms with van der Waals surface area (Å²) in [6.45, 7) is 7.53. The highest BCUT2D eigenvalue weighted by atomic mass is 16.5. The molecule has 0 rings (SSSR count). The molecule has 2 N–H and O–H groups in total. The molecule has 0 aliphatic heterocycles. The van der Waals surface area contributed by atoms with Crippen molar-refractivity contribution in [3.05, 3.63) is 0 Å². The van der Waals surface area contributed by atoms with Crippen LogP contribution in [0.25, 0.3) is 0 Å². The number of ether oxygens (including phenoxy) is 1. The molecule has 0 bridgehead atoms. The Morgan fingerprint density at radius 3 is 2.22 bits per heavy atom. The van der Waals surface area contributed by atoms with Gasteiger partial charge in [-0.2, -0.15) is 0 Å². The van der Waals surface area contributed by atoms with Gasteiger partial charge in [0.25, 0.3) is 0 Å². The summed E-state index contributed by atoms with van der Waals surface area (Å²) in [5.74, 6) is -1.04. The van der Waals surface area contributed by atoms with E-state index in [1.807, 2.05) is 6.92 Å². The third-order valence-electron chi connectivity index (χ3n) is 2.77. The molecule has 0 saturated carbocycles. The van der Waals surface area contributed by atoms with Gasteiger partial charge in [0.15, 0.2) is 0 Å². The molecule has 0 radical (unpaired) electrons. The monoisotopic (exact) mass is 260 g/mol. The third kappa shape index (κ3) is 4.91. The molecule has 0 fully saturated rings. The van der Waals surface area contributed by atoms with E-state index >= 15 is 0 Å². The second-order valence-electron chi connectivity index (χ2n) is 5.50. The van der Waals surface area contributed by atoms with E-state index in [0.717, 1.165) is 0 Å². The zero-order valence-electron chi connectivity index (χ0n) is 12.0. The second-order valence-corrected chi connectivity index (χ2v) is 5.50. The number of carboxylic acids is 1. The maximum Gasteiger partial charge on any atom is 0.326 e. The van der Waals surface area contributed by atoms with Crippen LogP contribution < -0.4 is 5.32 Å². The lowest BCUT2D eigenvalue weighted by atomic mass is 9.87. The molecule has 18 heavy (non-hydrogen) atoms. The summed E-state index contributed by atoms with van der Waals surface area (Å²) in [6, 6.07) is -1.46. The van der Waals surface area contributed by atoms with Gasteiger partial charge in [0, 0.05) is 14.2 Å². The molecular formula is C12H24N2O4. The smallest absolute Gasteiger partial charge is 0.326 e. The molecule has 0 aliphatic rings. The van der Waals surface area contributed by atoms with Gasteiger partial charge in [-0.15, -0.1) is 0 Å². The van der Waals surface area contributed by atoms with Crippen LogP contribution >= 0.6 is 0 Å². The average molecular weight is 260 g/mol. The molecule has 2 atom stereocenters. The number of aliphatic carboxylic acids is 1. The van der Waals surface area contributed by atoms with Crippen LogP contribution in [0.15, 0.2) is 0 Å². The van der Waals surface area contributed by atoms with Crippen LogP contribution in [0.4, 0.5) is 4.79 Å². The van der Waals surface area contributed by atoms with Crippen LogP contribution in [0.1, 0.15) is 27.7 Å². The molecule has 0 heterocycles. The summed E-state index contributed by atoms with van der Waals surface area (Å²) in [5.41, 5.74) is -0.549. The van der Waals surface area contributed by atoms with Gasteiger partial charge in [0.05, 0.1) is 12.6 Å². The van der Waals surface area contributed by atoms with Gasteiger partial charge >= 0.3 is 12.0 Å². The van der Waals surface area contributed by atoms with E-state index in [-0.39, 0.29) is 6.04 Å². The summed E-state index contributed by atoms with van der Waals surface area (Å²) in [7, 11) is 3.16. The molecule has 6 heteroatoms. The number of nitrogens with one attached hydrogen (secondary N) is 1.